The molecule has 6 nitrogen and oxygen atoms in total. The average Bonchev–Trinajstić information content (AvgIpc) is 3.32. The monoisotopic (exact) mass is 394 g/mol. The lowest BCUT2D eigenvalue weighted by Gasteiger charge is -2.27. The second kappa shape index (κ2) is 9.03. The molecule has 1 saturated heterocycles. The van der Waals surface area contributed by atoms with Crippen LogP contribution in [0.4, 0.5) is 0 Å². The smallest absolute Gasteiger partial charge is 0.223 e. The van der Waals surface area contributed by atoms with Crippen LogP contribution in [0.3, 0.4) is 0 Å². The number of aryl methyl sites for hydroxylation is 1. The van der Waals surface area contributed by atoms with E-state index in [0.29, 0.717) is 19.6 Å². The van der Waals surface area contributed by atoms with Crippen LogP contribution in [0.25, 0.3) is 0 Å². The summed E-state index contributed by atoms with van der Waals surface area (Å²) in [7, 11) is 3.58. The molecule has 142 valence electrons. The highest BCUT2D eigenvalue weighted by Gasteiger charge is 2.40. The lowest BCUT2D eigenvalue weighted by molar-refractivity contribution is -0.129. The van der Waals surface area contributed by atoms with Gasteiger partial charge in [-0.1, -0.05) is 0 Å². The van der Waals surface area contributed by atoms with Gasteiger partial charge in [0.25, 0.3) is 0 Å². The van der Waals surface area contributed by atoms with E-state index in [2.05, 4.69) is 28.8 Å². The molecule has 8 heteroatoms. The summed E-state index contributed by atoms with van der Waals surface area (Å²) >= 11 is 3.60. The number of thioether (sulfide) groups is 1. The molecule has 1 aliphatic heterocycles. The Bertz CT molecular complexity index is 730. The number of carbonyl (C=O) groups excluding carboxylic acids is 1. The fourth-order valence-electron chi connectivity index (χ4n) is 3.49. The Morgan fingerprint density at radius 2 is 2.31 bits per heavy atom. The molecule has 0 radical (unpaired) electrons. The van der Waals surface area contributed by atoms with Crippen molar-refractivity contribution in [3.63, 3.8) is 0 Å². The van der Waals surface area contributed by atoms with E-state index in [1.54, 1.807) is 23.6 Å². The second-order valence-electron chi connectivity index (χ2n) is 6.49. The maximum absolute atomic E-state index is 12.6. The average molecular weight is 395 g/mol. The third-order valence-electron chi connectivity index (χ3n) is 4.69. The molecule has 26 heavy (non-hydrogen) atoms. The fraction of sp³-hybridized carbons (Fsp3) is 0.556. The molecule has 0 spiro atoms. The predicted octanol–water partition coefficient (Wildman–Crippen LogP) is 2.53. The lowest BCUT2D eigenvalue weighted by atomic mass is 9.95. The highest BCUT2D eigenvalue weighted by atomic mass is 32.2. The van der Waals surface area contributed by atoms with E-state index in [1.807, 2.05) is 35.7 Å². The van der Waals surface area contributed by atoms with Crippen LogP contribution in [0.5, 0.6) is 0 Å². The molecule has 3 rings (SSSR count). The third kappa shape index (κ3) is 4.49. The quantitative estimate of drug-likeness (QED) is 0.663. The summed E-state index contributed by atoms with van der Waals surface area (Å²) in [6, 6.07) is 4.40. The summed E-state index contributed by atoms with van der Waals surface area (Å²) in [6.45, 7) is 2.82. The van der Waals surface area contributed by atoms with Crippen LogP contribution < -0.4 is 5.32 Å². The lowest BCUT2D eigenvalue weighted by Crippen LogP contribution is -2.33. The number of nitrogens with one attached hydrogen (secondary N) is 1. The number of carbonyl (C=O) groups is 1. The zero-order chi connectivity index (χ0) is 18.5. The van der Waals surface area contributed by atoms with Gasteiger partial charge >= 0.3 is 0 Å². The summed E-state index contributed by atoms with van der Waals surface area (Å²) < 4.78 is 8.33. The Labute approximate surface area is 162 Å². The molecule has 2 atom stereocenters. The van der Waals surface area contributed by atoms with E-state index < -0.39 is 0 Å². The summed E-state index contributed by atoms with van der Waals surface area (Å²) in [5.41, 5.74) is 1.10. The van der Waals surface area contributed by atoms with Crippen LogP contribution >= 0.6 is 23.1 Å². The number of methoxy groups -OCH3 is 1. The Morgan fingerprint density at radius 1 is 1.46 bits per heavy atom. The van der Waals surface area contributed by atoms with Crippen molar-refractivity contribution < 1.29 is 9.53 Å². The van der Waals surface area contributed by atoms with Gasteiger partial charge in [-0.05, 0) is 18.4 Å². The molecule has 3 heterocycles. The molecule has 1 aliphatic rings. The van der Waals surface area contributed by atoms with Crippen molar-refractivity contribution in [3.05, 3.63) is 35.0 Å². The molecule has 2 aromatic heterocycles. The van der Waals surface area contributed by atoms with Crippen LogP contribution in [0.2, 0.25) is 0 Å². The number of amides is 1. The van der Waals surface area contributed by atoms with E-state index in [9.17, 15) is 4.79 Å². The normalized spacial score (nSPS) is 20.3. The van der Waals surface area contributed by atoms with Gasteiger partial charge < -0.3 is 15.0 Å². The molecular weight excluding hydrogens is 368 g/mol. The van der Waals surface area contributed by atoms with E-state index in [4.69, 9.17) is 4.74 Å². The Hall–Kier alpha value is -1.35. The third-order valence-corrected chi connectivity index (χ3v) is 6.85. The Kier molecular flexibility index (Phi) is 6.74. The molecule has 1 amide bonds. The van der Waals surface area contributed by atoms with E-state index in [0.717, 1.165) is 18.7 Å². The first-order valence-corrected chi connectivity index (χ1v) is 10.8. The molecule has 0 aliphatic carbocycles. The first-order chi connectivity index (χ1) is 12.6. The number of likely N-dealkylation sites (tertiary alicyclic amines) is 1. The van der Waals surface area contributed by atoms with E-state index in [-0.39, 0.29) is 17.9 Å². The standard InChI is InChI=1S/C18H26N4O2S2/c1-21-12-14(10-20-21)18-13(8-16(23)22(18)6-7-24-2)9-19-11-15-4-5-17(25-3)26-15/h4-5,10,12-13,18-19H,6-9,11H2,1-3H3/t13-,18+/m0/s1. The van der Waals surface area contributed by atoms with E-state index >= 15 is 0 Å². The summed E-state index contributed by atoms with van der Waals surface area (Å²) in [6.07, 6.45) is 6.55. The minimum Gasteiger partial charge on any atom is -0.383 e. The van der Waals surface area contributed by atoms with Crippen LogP contribution in [0.1, 0.15) is 22.9 Å². The van der Waals surface area contributed by atoms with Crippen molar-refractivity contribution in [1.29, 1.82) is 0 Å². The zero-order valence-corrected chi connectivity index (χ0v) is 17.1. The molecule has 0 saturated carbocycles. The van der Waals surface area contributed by atoms with Gasteiger partial charge in [0.1, 0.15) is 0 Å². The number of aromatic nitrogens is 2. The van der Waals surface area contributed by atoms with Crippen molar-refractivity contribution in [2.75, 3.05) is 33.1 Å². The Balaban J connectivity index is 1.66. The highest BCUT2D eigenvalue weighted by Crippen LogP contribution is 2.37. The Morgan fingerprint density at radius 3 is 2.96 bits per heavy atom. The van der Waals surface area contributed by atoms with Gasteiger partial charge in [-0.2, -0.15) is 5.10 Å². The molecule has 0 aromatic carbocycles. The van der Waals surface area contributed by atoms with Crippen molar-refractivity contribution in [2.45, 2.75) is 23.2 Å². The van der Waals surface area contributed by atoms with Crippen LogP contribution in [0.15, 0.2) is 28.7 Å². The van der Waals surface area contributed by atoms with Gasteiger partial charge in [0.05, 0.1) is 23.1 Å². The minimum atomic E-state index is 0.0592. The maximum Gasteiger partial charge on any atom is 0.223 e. The number of hydrogen-bond acceptors (Lipinski definition) is 6. The summed E-state index contributed by atoms with van der Waals surface area (Å²) in [4.78, 5) is 15.8. The molecule has 1 fully saturated rings. The largest absolute Gasteiger partial charge is 0.383 e. The van der Waals surface area contributed by atoms with Gasteiger partial charge in [0.2, 0.25) is 5.91 Å². The van der Waals surface area contributed by atoms with Crippen LogP contribution in [0, 0.1) is 5.92 Å². The van der Waals surface area contributed by atoms with Gasteiger partial charge in [0.15, 0.2) is 0 Å². The van der Waals surface area contributed by atoms with Crippen LogP contribution in [-0.2, 0) is 23.1 Å². The first kappa shape index (κ1) is 19.4. The van der Waals surface area contributed by atoms with Gasteiger partial charge in [0, 0.05) is 62.8 Å². The van der Waals surface area contributed by atoms with Crippen molar-refractivity contribution in [1.82, 2.24) is 20.0 Å². The zero-order valence-electron chi connectivity index (χ0n) is 15.5. The first-order valence-electron chi connectivity index (χ1n) is 8.72. The minimum absolute atomic E-state index is 0.0592. The van der Waals surface area contributed by atoms with Gasteiger partial charge in [-0.15, -0.1) is 23.1 Å². The summed E-state index contributed by atoms with van der Waals surface area (Å²) in [5, 5.41) is 7.85. The van der Waals surface area contributed by atoms with Crippen molar-refractivity contribution >= 4 is 29.0 Å². The number of ether oxygens (including phenoxy) is 1. The molecule has 1 N–H and O–H groups in total. The number of rotatable bonds is 9. The SMILES string of the molecule is COCCN1C(=O)C[C@@H](CNCc2ccc(SC)s2)[C@@H]1c1cnn(C)c1. The maximum atomic E-state index is 12.6. The predicted molar refractivity (Wildman–Crippen MR) is 105 cm³/mol. The molecule has 2 aromatic rings. The van der Waals surface area contributed by atoms with E-state index in [1.165, 1.54) is 9.09 Å². The van der Waals surface area contributed by atoms with Crippen molar-refractivity contribution in [3.8, 4) is 0 Å². The fourth-order valence-corrected chi connectivity index (χ4v) is 5.05. The molecule has 0 unspecified atom stereocenters. The number of thiophene rings is 1. The number of hydrogen-bond donors (Lipinski definition) is 1. The molecule has 0 bridgehead atoms. The van der Waals surface area contributed by atoms with Crippen LogP contribution in [-0.4, -0.2) is 53.6 Å². The van der Waals surface area contributed by atoms with Gasteiger partial charge in [-0.3, -0.25) is 9.48 Å². The van der Waals surface area contributed by atoms with Crippen molar-refractivity contribution in [2.24, 2.45) is 13.0 Å². The molecular formula is C18H26N4O2S2. The highest BCUT2D eigenvalue weighted by molar-refractivity contribution is 8.00. The second-order valence-corrected chi connectivity index (χ2v) is 8.77. The topological polar surface area (TPSA) is 59.4 Å². The van der Waals surface area contributed by atoms with Gasteiger partial charge in [-0.25, -0.2) is 0 Å². The summed E-state index contributed by atoms with van der Waals surface area (Å²) in [5.74, 6) is 0.437. The number of nitrogens with zero attached hydrogens (tertiary/aromatic N) is 3.